The molecule has 1 aromatic heterocycles. The molecular formula is C33H31NO2. The first-order chi connectivity index (χ1) is 17.7. The van der Waals surface area contributed by atoms with E-state index >= 15 is 0 Å². The number of hydrogen-bond donors (Lipinski definition) is 1. The molecule has 4 aromatic carbocycles. The van der Waals surface area contributed by atoms with Crippen LogP contribution in [0.4, 0.5) is 0 Å². The Labute approximate surface area is 213 Å². The Balaban J connectivity index is 1.80. The van der Waals surface area contributed by atoms with Gasteiger partial charge in [0, 0.05) is 23.2 Å². The molecule has 36 heavy (non-hydrogen) atoms. The summed E-state index contributed by atoms with van der Waals surface area (Å²) in [6.07, 6.45) is 2.37. The zero-order valence-corrected chi connectivity index (χ0v) is 20.8. The second kappa shape index (κ2) is 10.3. The van der Waals surface area contributed by atoms with Crippen molar-refractivity contribution in [2.45, 2.75) is 31.8 Å². The van der Waals surface area contributed by atoms with Gasteiger partial charge in [-0.05, 0) is 46.9 Å². The molecule has 0 radical (unpaired) electrons. The van der Waals surface area contributed by atoms with Crippen LogP contribution < -0.4 is 4.74 Å². The van der Waals surface area contributed by atoms with Gasteiger partial charge in [0.1, 0.15) is 5.60 Å². The molecule has 0 bridgehead atoms. The van der Waals surface area contributed by atoms with E-state index in [0.29, 0.717) is 18.9 Å². The minimum Gasteiger partial charge on any atom is -0.478 e. The van der Waals surface area contributed by atoms with Crippen molar-refractivity contribution in [2.24, 2.45) is 0 Å². The molecule has 0 saturated heterocycles. The number of rotatable bonds is 8. The lowest BCUT2D eigenvalue weighted by Crippen LogP contribution is -2.34. The second-order valence-corrected chi connectivity index (χ2v) is 9.07. The predicted octanol–water partition coefficient (Wildman–Crippen LogP) is 7.73. The highest BCUT2D eigenvalue weighted by atomic mass is 16.5. The molecule has 2 atom stereocenters. The lowest BCUT2D eigenvalue weighted by Gasteiger charge is -2.38. The standard InChI is InChI=1S/C33H31NO2/c1-3-33(35,30-21-13-19-25-16-11-12-20-28(25)30)31(26-17-9-6-10-18-26)29-22-27(23-34-32(29)36-4-2)24-14-7-5-8-15-24/h5-23,31,35H,3-4H2,1-2H3. The van der Waals surface area contributed by atoms with Crippen molar-refractivity contribution >= 4 is 10.8 Å². The largest absolute Gasteiger partial charge is 0.478 e. The Morgan fingerprint density at radius 1 is 0.778 bits per heavy atom. The molecule has 0 aliphatic rings. The third-order valence-electron chi connectivity index (χ3n) is 6.98. The van der Waals surface area contributed by atoms with Gasteiger partial charge in [-0.2, -0.15) is 0 Å². The molecule has 1 N–H and O–H groups in total. The SMILES string of the molecule is CCOc1ncc(-c2ccccc2)cc1C(c1ccccc1)C(O)(CC)c1cccc2ccccc12. The van der Waals surface area contributed by atoms with Gasteiger partial charge in [-0.3, -0.25) is 0 Å². The minimum absolute atomic E-state index is 0.396. The summed E-state index contributed by atoms with van der Waals surface area (Å²) in [6.45, 7) is 4.50. The molecule has 0 spiro atoms. The van der Waals surface area contributed by atoms with Crippen LogP contribution >= 0.6 is 0 Å². The quantitative estimate of drug-likeness (QED) is 0.251. The lowest BCUT2D eigenvalue weighted by atomic mass is 9.71. The van der Waals surface area contributed by atoms with Gasteiger partial charge >= 0.3 is 0 Å². The van der Waals surface area contributed by atoms with E-state index in [1.54, 1.807) is 0 Å². The first-order valence-electron chi connectivity index (χ1n) is 12.6. The molecule has 5 rings (SSSR count). The Morgan fingerprint density at radius 3 is 2.17 bits per heavy atom. The van der Waals surface area contributed by atoms with Crippen molar-refractivity contribution in [1.82, 2.24) is 4.98 Å². The van der Waals surface area contributed by atoms with Gasteiger partial charge in [-0.25, -0.2) is 4.98 Å². The Morgan fingerprint density at radius 2 is 1.44 bits per heavy atom. The van der Waals surface area contributed by atoms with Gasteiger partial charge in [0.2, 0.25) is 5.88 Å². The van der Waals surface area contributed by atoms with E-state index in [9.17, 15) is 5.11 Å². The summed E-state index contributed by atoms with van der Waals surface area (Å²) in [7, 11) is 0. The van der Waals surface area contributed by atoms with E-state index in [4.69, 9.17) is 9.72 Å². The molecule has 3 nitrogen and oxygen atoms in total. The molecule has 5 aromatic rings. The molecule has 2 unspecified atom stereocenters. The maximum Gasteiger partial charge on any atom is 0.217 e. The topological polar surface area (TPSA) is 42.4 Å². The maximum atomic E-state index is 12.7. The van der Waals surface area contributed by atoms with E-state index < -0.39 is 11.5 Å². The fourth-order valence-corrected chi connectivity index (χ4v) is 5.23. The minimum atomic E-state index is -1.20. The van der Waals surface area contributed by atoms with Crippen molar-refractivity contribution < 1.29 is 9.84 Å². The van der Waals surface area contributed by atoms with Gasteiger partial charge in [-0.1, -0.05) is 110 Å². The third-order valence-corrected chi connectivity index (χ3v) is 6.98. The molecular weight excluding hydrogens is 442 g/mol. The smallest absolute Gasteiger partial charge is 0.217 e. The van der Waals surface area contributed by atoms with Gasteiger partial charge in [0.15, 0.2) is 0 Å². The summed E-state index contributed by atoms with van der Waals surface area (Å²) in [5.74, 6) is 0.158. The number of hydrogen-bond acceptors (Lipinski definition) is 3. The monoisotopic (exact) mass is 473 g/mol. The van der Waals surface area contributed by atoms with Crippen molar-refractivity contribution in [1.29, 1.82) is 0 Å². The van der Waals surface area contributed by atoms with Crippen LogP contribution in [0.25, 0.3) is 21.9 Å². The summed E-state index contributed by atoms with van der Waals surface area (Å²) in [4.78, 5) is 4.76. The summed E-state index contributed by atoms with van der Waals surface area (Å²) >= 11 is 0. The number of ether oxygens (including phenoxy) is 1. The Bertz CT molecular complexity index is 1440. The summed E-state index contributed by atoms with van der Waals surface area (Å²) < 4.78 is 6.07. The van der Waals surface area contributed by atoms with Crippen molar-refractivity contribution in [3.05, 3.63) is 132 Å². The number of benzene rings is 4. The number of aromatic nitrogens is 1. The number of fused-ring (bicyclic) bond motifs is 1. The van der Waals surface area contributed by atoms with Gasteiger partial charge < -0.3 is 9.84 Å². The molecule has 1 heterocycles. The highest BCUT2D eigenvalue weighted by Crippen LogP contribution is 2.48. The van der Waals surface area contributed by atoms with Crippen LogP contribution in [-0.4, -0.2) is 16.7 Å². The molecule has 0 fully saturated rings. The van der Waals surface area contributed by atoms with E-state index in [0.717, 1.165) is 38.6 Å². The molecule has 3 heteroatoms. The van der Waals surface area contributed by atoms with Gasteiger partial charge in [-0.15, -0.1) is 0 Å². The van der Waals surface area contributed by atoms with Crippen LogP contribution in [0.2, 0.25) is 0 Å². The molecule has 0 saturated carbocycles. The summed E-state index contributed by atoms with van der Waals surface area (Å²) in [6, 6.07) is 37.0. The highest BCUT2D eigenvalue weighted by Gasteiger charge is 2.42. The first kappa shape index (κ1) is 23.8. The van der Waals surface area contributed by atoms with Gasteiger partial charge in [0.25, 0.3) is 0 Å². The molecule has 0 aliphatic carbocycles. The van der Waals surface area contributed by atoms with E-state index in [2.05, 4.69) is 54.6 Å². The zero-order valence-electron chi connectivity index (χ0n) is 20.8. The van der Waals surface area contributed by atoms with Crippen LogP contribution in [0.3, 0.4) is 0 Å². The van der Waals surface area contributed by atoms with Gasteiger partial charge in [0.05, 0.1) is 6.61 Å². The Hall–Kier alpha value is -3.95. The van der Waals surface area contributed by atoms with Crippen LogP contribution in [-0.2, 0) is 5.60 Å². The van der Waals surface area contributed by atoms with Crippen LogP contribution in [0.1, 0.15) is 42.9 Å². The average molecular weight is 474 g/mol. The van der Waals surface area contributed by atoms with Crippen molar-refractivity contribution in [3.8, 4) is 17.0 Å². The summed E-state index contributed by atoms with van der Waals surface area (Å²) in [5, 5.41) is 14.9. The maximum absolute atomic E-state index is 12.7. The summed E-state index contributed by atoms with van der Waals surface area (Å²) in [5.41, 5.74) is 3.66. The highest BCUT2D eigenvalue weighted by molar-refractivity contribution is 5.86. The average Bonchev–Trinajstić information content (AvgIpc) is 2.94. The van der Waals surface area contributed by atoms with E-state index in [-0.39, 0.29) is 0 Å². The van der Waals surface area contributed by atoms with Crippen molar-refractivity contribution in [2.75, 3.05) is 6.61 Å². The Kier molecular flexibility index (Phi) is 6.84. The molecule has 0 aliphatic heterocycles. The number of nitrogens with zero attached hydrogens (tertiary/aromatic N) is 1. The van der Waals surface area contributed by atoms with E-state index in [1.165, 1.54) is 0 Å². The fraction of sp³-hybridized carbons (Fsp3) is 0.182. The fourth-order valence-electron chi connectivity index (χ4n) is 5.23. The number of aliphatic hydroxyl groups is 1. The van der Waals surface area contributed by atoms with E-state index in [1.807, 2.05) is 74.6 Å². The lowest BCUT2D eigenvalue weighted by molar-refractivity contribution is 0.0156. The second-order valence-electron chi connectivity index (χ2n) is 9.07. The van der Waals surface area contributed by atoms with Crippen LogP contribution in [0.15, 0.2) is 115 Å². The van der Waals surface area contributed by atoms with Crippen LogP contribution in [0, 0.1) is 0 Å². The zero-order chi connectivity index (χ0) is 25.0. The third kappa shape index (κ3) is 4.38. The van der Waals surface area contributed by atoms with Crippen LogP contribution in [0.5, 0.6) is 5.88 Å². The normalized spacial score (nSPS) is 13.8. The number of pyridine rings is 1. The molecule has 0 amide bonds. The van der Waals surface area contributed by atoms with Crippen molar-refractivity contribution in [3.63, 3.8) is 0 Å². The molecule has 180 valence electrons. The predicted molar refractivity (Wildman–Crippen MR) is 147 cm³/mol. The first-order valence-corrected chi connectivity index (χ1v) is 12.6.